The molecule has 0 heterocycles. The van der Waals surface area contributed by atoms with Crippen LogP contribution in [0.4, 0.5) is 4.79 Å². The van der Waals surface area contributed by atoms with Crippen LogP contribution in [-0.2, 0) is 17.8 Å². The number of carbonyl (C=O) groups excluding carboxylic acids is 1. The summed E-state index contributed by atoms with van der Waals surface area (Å²) in [6, 6.07) is 21.5. The van der Waals surface area contributed by atoms with Crippen molar-refractivity contribution in [2.24, 2.45) is 0 Å². The highest BCUT2D eigenvalue weighted by Crippen LogP contribution is 2.30. The third-order valence-electron chi connectivity index (χ3n) is 6.54. The van der Waals surface area contributed by atoms with Gasteiger partial charge in [0.05, 0.1) is 25.4 Å². The van der Waals surface area contributed by atoms with E-state index in [1.54, 1.807) is 0 Å². The van der Waals surface area contributed by atoms with Crippen LogP contribution in [0.5, 0.6) is 5.75 Å². The predicted octanol–water partition coefficient (Wildman–Crippen LogP) is 5.77. The largest absolute Gasteiger partial charge is 0.493 e. The Hall–Kier alpha value is -3.09. The first-order valence-electron chi connectivity index (χ1n) is 12.9. The second-order valence-electron chi connectivity index (χ2n) is 9.31. The number of alkyl carbamates (subject to hydrolysis) is 1. The number of aliphatic hydroxyl groups excluding tert-OH is 2. The number of hydrogen-bond acceptors (Lipinski definition) is 5. The van der Waals surface area contributed by atoms with Crippen molar-refractivity contribution in [1.82, 2.24) is 5.32 Å². The average molecular weight is 494 g/mol. The van der Waals surface area contributed by atoms with E-state index in [0.717, 1.165) is 34.1 Å². The van der Waals surface area contributed by atoms with Gasteiger partial charge in [-0.1, -0.05) is 93.3 Å². The van der Waals surface area contributed by atoms with Crippen LogP contribution in [0.3, 0.4) is 0 Å². The number of ether oxygens (including phenoxy) is 2. The fourth-order valence-corrected chi connectivity index (χ4v) is 4.26. The number of hydrogen-bond donors (Lipinski definition) is 3. The fourth-order valence-electron chi connectivity index (χ4n) is 4.26. The molecule has 0 saturated heterocycles. The highest BCUT2D eigenvalue weighted by Gasteiger charge is 2.31. The summed E-state index contributed by atoms with van der Waals surface area (Å²) in [6.07, 6.45) is 6.18. The van der Waals surface area contributed by atoms with Gasteiger partial charge in [-0.2, -0.15) is 0 Å². The molecule has 0 aromatic heterocycles. The van der Waals surface area contributed by atoms with E-state index in [0.29, 0.717) is 19.4 Å². The zero-order chi connectivity index (χ0) is 25.6. The van der Waals surface area contributed by atoms with E-state index in [4.69, 9.17) is 9.47 Å². The molecule has 0 aliphatic heterocycles. The molecule has 6 nitrogen and oxygen atoms in total. The molecule has 6 heteroatoms. The van der Waals surface area contributed by atoms with Gasteiger partial charge in [0.25, 0.3) is 0 Å². The molecule has 0 bridgehead atoms. The topological polar surface area (TPSA) is 88.0 Å². The van der Waals surface area contributed by atoms with E-state index in [9.17, 15) is 15.0 Å². The first-order valence-corrected chi connectivity index (χ1v) is 12.9. The lowest BCUT2D eigenvalue weighted by atomic mass is 9.91. The van der Waals surface area contributed by atoms with Crippen LogP contribution < -0.4 is 10.1 Å². The maximum atomic E-state index is 12.4. The molecule has 3 aromatic carbocycles. The molecule has 0 spiro atoms. The molecule has 0 radical (unpaired) electrons. The minimum Gasteiger partial charge on any atom is -0.493 e. The first kappa shape index (κ1) is 27.5. The van der Waals surface area contributed by atoms with Crippen LogP contribution in [0.1, 0.15) is 56.6 Å². The Morgan fingerprint density at radius 2 is 1.56 bits per heavy atom. The Bertz CT molecular complexity index is 1070. The van der Waals surface area contributed by atoms with Gasteiger partial charge in [-0.25, -0.2) is 4.79 Å². The average Bonchev–Trinajstić information content (AvgIpc) is 2.93. The number of benzene rings is 3. The number of unbranched alkanes of at least 4 members (excludes halogenated alkanes) is 4. The first-order chi connectivity index (χ1) is 17.6. The number of nitrogens with one attached hydrogen (secondary N) is 1. The van der Waals surface area contributed by atoms with Gasteiger partial charge in [-0.15, -0.1) is 0 Å². The molecule has 3 N–H and O–H groups in total. The number of amides is 1. The molecule has 0 atom stereocenters. The van der Waals surface area contributed by atoms with Crippen LogP contribution in [-0.4, -0.2) is 41.7 Å². The summed E-state index contributed by atoms with van der Waals surface area (Å²) in [6.45, 7) is 2.22. The van der Waals surface area contributed by atoms with Crippen molar-refractivity contribution in [2.45, 2.75) is 64.0 Å². The lowest BCUT2D eigenvalue weighted by Crippen LogP contribution is -2.54. The van der Waals surface area contributed by atoms with Crippen molar-refractivity contribution in [3.05, 3.63) is 77.9 Å². The number of aliphatic hydroxyl groups is 2. The minimum absolute atomic E-state index is 0.115. The van der Waals surface area contributed by atoms with E-state index < -0.39 is 24.8 Å². The van der Waals surface area contributed by atoms with E-state index in [-0.39, 0.29) is 6.61 Å². The van der Waals surface area contributed by atoms with Gasteiger partial charge in [0.2, 0.25) is 0 Å². The fraction of sp³-hybridized carbons (Fsp3) is 0.433. The van der Waals surface area contributed by atoms with Gasteiger partial charge in [0.15, 0.2) is 0 Å². The maximum absolute atomic E-state index is 12.4. The second kappa shape index (κ2) is 14.5. The summed E-state index contributed by atoms with van der Waals surface area (Å²) < 4.78 is 11.4. The zero-order valence-corrected chi connectivity index (χ0v) is 21.2. The van der Waals surface area contributed by atoms with Crippen molar-refractivity contribution in [1.29, 1.82) is 0 Å². The van der Waals surface area contributed by atoms with Crippen LogP contribution in [0.25, 0.3) is 10.8 Å². The molecule has 1 amide bonds. The van der Waals surface area contributed by atoms with Crippen molar-refractivity contribution >= 4 is 16.9 Å². The molecule has 3 aromatic rings. The summed E-state index contributed by atoms with van der Waals surface area (Å²) in [7, 11) is 0. The van der Waals surface area contributed by atoms with Gasteiger partial charge in [-0.3, -0.25) is 0 Å². The van der Waals surface area contributed by atoms with E-state index >= 15 is 0 Å². The second-order valence-corrected chi connectivity index (χ2v) is 9.31. The quantitative estimate of drug-likeness (QED) is 0.234. The monoisotopic (exact) mass is 493 g/mol. The highest BCUT2D eigenvalue weighted by atomic mass is 16.5. The molecule has 36 heavy (non-hydrogen) atoms. The molecule has 0 fully saturated rings. The molecule has 0 saturated carbocycles. The lowest BCUT2D eigenvalue weighted by Gasteiger charge is -2.31. The van der Waals surface area contributed by atoms with Gasteiger partial charge < -0.3 is 25.0 Å². The minimum atomic E-state index is -1.19. The zero-order valence-electron chi connectivity index (χ0n) is 21.2. The van der Waals surface area contributed by atoms with Crippen LogP contribution >= 0.6 is 0 Å². The third kappa shape index (κ3) is 7.97. The van der Waals surface area contributed by atoms with E-state index in [2.05, 4.69) is 24.4 Å². The standard InChI is InChI=1S/C30H39NO5/c1-2-3-4-5-11-20-35-28-17-16-25(26-14-9-10-15-27(26)28)18-19-30(22-32,23-33)31-29(34)36-21-24-12-7-6-8-13-24/h6-10,12-17,32-33H,2-5,11,18-23H2,1H3,(H,31,34). The van der Waals surface area contributed by atoms with E-state index in [1.807, 2.05) is 54.6 Å². The SMILES string of the molecule is CCCCCCCOc1ccc(CCC(CO)(CO)NC(=O)OCc2ccccc2)c2ccccc12. The van der Waals surface area contributed by atoms with Crippen molar-refractivity contribution in [2.75, 3.05) is 19.8 Å². The Labute approximate surface area is 214 Å². The molecule has 194 valence electrons. The maximum Gasteiger partial charge on any atom is 0.408 e. The third-order valence-corrected chi connectivity index (χ3v) is 6.54. The van der Waals surface area contributed by atoms with Gasteiger partial charge in [0.1, 0.15) is 12.4 Å². The van der Waals surface area contributed by atoms with Crippen LogP contribution in [0.15, 0.2) is 66.7 Å². The van der Waals surface area contributed by atoms with Gasteiger partial charge >= 0.3 is 6.09 Å². The summed E-state index contributed by atoms with van der Waals surface area (Å²) in [5.74, 6) is 0.864. The smallest absolute Gasteiger partial charge is 0.408 e. The van der Waals surface area contributed by atoms with Gasteiger partial charge in [-0.05, 0) is 41.8 Å². The number of carbonyl (C=O) groups is 1. The molecule has 0 aliphatic carbocycles. The van der Waals surface area contributed by atoms with Crippen molar-refractivity contribution < 1.29 is 24.5 Å². The molecular formula is C30H39NO5. The normalized spacial score (nSPS) is 11.4. The lowest BCUT2D eigenvalue weighted by molar-refractivity contribution is 0.0677. The Morgan fingerprint density at radius 1 is 0.861 bits per heavy atom. The summed E-state index contributed by atoms with van der Waals surface area (Å²) in [4.78, 5) is 12.4. The number of aryl methyl sites for hydroxylation is 1. The molecular weight excluding hydrogens is 454 g/mol. The Kier molecular flexibility index (Phi) is 11.0. The van der Waals surface area contributed by atoms with Gasteiger partial charge in [0, 0.05) is 5.39 Å². The Balaban J connectivity index is 1.62. The van der Waals surface area contributed by atoms with Crippen molar-refractivity contribution in [3.8, 4) is 5.75 Å². The number of fused-ring (bicyclic) bond motifs is 1. The van der Waals surface area contributed by atoms with Crippen molar-refractivity contribution in [3.63, 3.8) is 0 Å². The summed E-state index contributed by atoms with van der Waals surface area (Å²) >= 11 is 0. The van der Waals surface area contributed by atoms with Crippen LogP contribution in [0, 0.1) is 0 Å². The number of rotatable bonds is 15. The predicted molar refractivity (Wildman–Crippen MR) is 143 cm³/mol. The molecule has 0 unspecified atom stereocenters. The molecule has 0 aliphatic rings. The summed E-state index contributed by atoms with van der Waals surface area (Å²) in [5.41, 5.74) is 0.732. The summed E-state index contributed by atoms with van der Waals surface area (Å²) in [5, 5.41) is 24.9. The van der Waals surface area contributed by atoms with E-state index in [1.165, 1.54) is 25.7 Å². The Morgan fingerprint density at radius 3 is 2.28 bits per heavy atom. The highest BCUT2D eigenvalue weighted by molar-refractivity contribution is 5.91. The molecule has 3 rings (SSSR count). The van der Waals surface area contributed by atoms with Crippen LogP contribution in [0.2, 0.25) is 0 Å².